The average Bonchev–Trinajstić information content (AvgIpc) is 2.80. The Hall–Kier alpha value is -2.30. The van der Waals surface area contributed by atoms with E-state index in [1.807, 2.05) is 18.2 Å². The van der Waals surface area contributed by atoms with Crippen molar-refractivity contribution < 1.29 is 0 Å². The summed E-state index contributed by atoms with van der Waals surface area (Å²) in [6.07, 6.45) is 3.62. The van der Waals surface area contributed by atoms with Crippen molar-refractivity contribution in [1.29, 1.82) is 0 Å². The second kappa shape index (κ2) is 4.92. The molecule has 0 aliphatic rings. The van der Waals surface area contributed by atoms with Crippen LogP contribution in [-0.4, -0.2) is 21.8 Å². The summed E-state index contributed by atoms with van der Waals surface area (Å²) in [7, 11) is 2.12. The maximum atomic E-state index is 6.08. The number of rotatable bonds is 2. The van der Waals surface area contributed by atoms with Gasteiger partial charge >= 0.3 is 0 Å². The van der Waals surface area contributed by atoms with Crippen LogP contribution in [0.2, 0.25) is 0 Å². The van der Waals surface area contributed by atoms with Crippen molar-refractivity contribution in [2.45, 2.75) is 26.3 Å². The second-order valence-corrected chi connectivity index (χ2v) is 6.14. The summed E-state index contributed by atoms with van der Waals surface area (Å²) < 4.78 is 2.15. The molecule has 0 atom stereocenters. The predicted octanol–water partition coefficient (Wildman–Crippen LogP) is 1.42. The molecule has 0 amide bonds. The minimum Gasteiger partial charge on any atom is -0.383 e. The smallest absolute Gasteiger partial charge is 0.194 e. The molecule has 0 spiro atoms. The van der Waals surface area contributed by atoms with Crippen molar-refractivity contribution in [3.8, 4) is 0 Å². The van der Waals surface area contributed by atoms with Crippen LogP contribution in [0.3, 0.4) is 0 Å². The van der Waals surface area contributed by atoms with Crippen molar-refractivity contribution in [3.63, 3.8) is 0 Å². The Morgan fingerprint density at radius 3 is 2.48 bits per heavy atom. The fraction of sp³-hybridized carbons (Fsp3) is 0.250. The molecule has 0 saturated carbocycles. The second-order valence-electron chi connectivity index (χ2n) is 6.14. The van der Waals surface area contributed by atoms with Gasteiger partial charge in [-0.3, -0.25) is 0 Å². The van der Waals surface area contributed by atoms with Gasteiger partial charge in [0.1, 0.15) is 17.8 Å². The summed E-state index contributed by atoms with van der Waals surface area (Å²) in [4.78, 5) is 8.56. The fourth-order valence-corrected chi connectivity index (χ4v) is 2.46. The van der Waals surface area contributed by atoms with Crippen LogP contribution >= 0.6 is 0 Å². The molecule has 2 aromatic heterocycles. The van der Waals surface area contributed by atoms with Crippen LogP contribution in [-0.2, 0) is 5.54 Å². The van der Waals surface area contributed by atoms with Crippen molar-refractivity contribution in [2.75, 3.05) is 5.73 Å². The largest absolute Gasteiger partial charge is 0.383 e. The Balaban J connectivity index is 2.19. The summed E-state index contributed by atoms with van der Waals surface area (Å²) in [5.74, 6) is 0.519. The van der Waals surface area contributed by atoms with Gasteiger partial charge in [0.05, 0.1) is 5.39 Å². The lowest BCUT2D eigenvalue weighted by Crippen LogP contribution is -2.27. The molecule has 0 unspecified atom stereocenters. The third kappa shape index (κ3) is 2.51. The number of hydrogen-bond donors (Lipinski definition) is 1. The number of nitrogens with zero attached hydrogens (tertiary/aromatic N) is 3. The van der Waals surface area contributed by atoms with Gasteiger partial charge < -0.3 is 10.3 Å². The number of fused-ring (bicyclic) bond motifs is 1. The van der Waals surface area contributed by atoms with Gasteiger partial charge in [-0.25, -0.2) is 9.97 Å². The van der Waals surface area contributed by atoms with Gasteiger partial charge in [-0.1, -0.05) is 41.3 Å². The highest BCUT2D eigenvalue weighted by atomic mass is 15.1. The Bertz CT molecular complexity index is 772. The molecule has 0 aliphatic heterocycles. The Morgan fingerprint density at radius 1 is 1.10 bits per heavy atom. The van der Waals surface area contributed by atoms with E-state index in [1.54, 1.807) is 0 Å². The standard InChI is InChI=1S/C16H18BN4/c1-16(2,3)21-9-12(17-11-7-5-4-6-8-11)13-14(18)19-10-20-15(13)21/h4-10H,1-3H3,(H2,18,19,20). The molecule has 1 radical (unpaired) electrons. The first-order valence-electron chi connectivity index (χ1n) is 6.98. The maximum absolute atomic E-state index is 6.08. The lowest BCUT2D eigenvalue weighted by Gasteiger charge is -2.21. The molecule has 21 heavy (non-hydrogen) atoms. The highest BCUT2D eigenvalue weighted by Crippen LogP contribution is 2.23. The Morgan fingerprint density at radius 2 is 1.81 bits per heavy atom. The molecular weight excluding hydrogens is 259 g/mol. The maximum Gasteiger partial charge on any atom is 0.194 e. The van der Waals surface area contributed by atoms with E-state index in [4.69, 9.17) is 5.73 Å². The fourth-order valence-electron chi connectivity index (χ4n) is 2.46. The number of anilines is 1. The van der Waals surface area contributed by atoms with Crippen molar-refractivity contribution in [2.24, 2.45) is 0 Å². The molecule has 0 bridgehead atoms. The molecule has 4 nitrogen and oxygen atoms in total. The molecule has 3 aromatic rings. The molecular formula is C16H18BN4. The predicted molar refractivity (Wildman–Crippen MR) is 88.4 cm³/mol. The molecule has 0 fully saturated rings. The topological polar surface area (TPSA) is 56.7 Å². The van der Waals surface area contributed by atoms with E-state index < -0.39 is 0 Å². The van der Waals surface area contributed by atoms with Gasteiger partial charge in [-0.2, -0.15) is 0 Å². The van der Waals surface area contributed by atoms with Crippen LogP contribution in [0, 0.1) is 0 Å². The number of nitrogen functional groups attached to an aromatic ring is 1. The minimum atomic E-state index is -0.0676. The molecule has 3 rings (SSSR count). The van der Waals surface area contributed by atoms with Gasteiger partial charge in [-0.15, -0.1) is 0 Å². The van der Waals surface area contributed by atoms with Crippen molar-refractivity contribution in [3.05, 3.63) is 42.9 Å². The van der Waals surface area contributed by atoms with E-state index in [-0.39, 0.29) is 5.54 Å². The van der Waals surface area contributed by atoms with Crippen LogP contribution in [0.25, 0.3) is 11.0 Å². The average molecular weight is 277 g/mol. The minimum absolute atomic E-state index is 0.0676. The highest BCUT2D eigenvalue weighted by Gasteiger charge is 2.21. The lowest BCUT2D eigenvalue weighted by molar-refractivity contribution is 0.409. The van der Waals surface area contributed by atoms with Crippen molar-refractivity contribution in [1.82, 2.24) is 14.5 Å². The lowest BCUT2D eigenvalue weighted by atomic mass is 9.64. The molecule has 2 N–H and O–H groups in total. The summed E-state index contributed by atoms with van der Waals surface area (Å²) >= 11 is 0. The quantitative estimate of drug-likeness (QED) is 0.721. The van der Waals surface area contributed by atoms with Gasteiger partial charge in [-0.05, 0) is 20.8 Å². The molecule has 105 valence electrons. The number of aromatic nitrogens is 3. The first kappa shape index (κ1) is 13.7. The molecule has 0 saturated heterocycles. The van der Waals surface area contributed by atoms with Gasteiger partial charge in [0, 0.05) is 11.7 Å². The monoisotopic (exact) mass is 277 g/mol. The van der Waals surface area contributed by atoms with Crippen LogP contribution in [0.1, 0.15) is 20.8 Å². The summed E-state index contributed by atoms with van der Waals surface area (Å²) in [5.41, 5.74) is 9.07. The van der Waals surface area contributed by atoms with E-state index in [0.29, 0.717) is 5.82 Å². The molecule has 1 aromatic carbocycles. The normalized spacial score (nSPS) is 11.8. The van der Waals surface area contributed by atoms with Crippen molar-refractivity contribution >= 4 is 35.1 Å². The third-order valence-electron chi connectivity index (χ3n) is 3.49. The van der Waals surface area contributed by atoms with E-state index >= 15 is 0 Å². The zero-order chi connectivity index (χ0) is 15.0. The SMILES string of the molecule is CC(C)(C)n1cc([B]c2ccccc2)c2c(N)ncnc21. The van der Waals surface area contributed by atoms with Gasteiger partial charge in [0.2, 0.25) is 0 Å². The van der Waals surface area contributed by atoms with Crippen LogP contribution < -0.4 is 16.7 Å². The summed E-state index contributed by atoms with van der Waals surface area (Å²) in [6, 6.07) is 10.2. The number of benzene rings is 1. The third-order valence-corrected chi connectivity index (χ3v) is 3.49. The number of nitrogens with two attached hydrogens (primary N) is 1. The number of hydrogen-bond acceptors (Lipinski definition) is 3. The molecule has 2 heterocycles. The van der Waals surface area contributed by atoms with Crippen LogP contribution in [0.4, 0.5) is 5.82 Å². The summed E-state index contributed by atoms with van der Waals surface area (Å²) in [6.45, 7) is 6.45. The highest BCUT2D eigenvalue weighted by molar-refractivity contribution is 6.70. The molecule has 5 heteroatoms. The Labute approximate surface area is 125 Å². The van der Waals surface area contributed by atoms with Crippen LogP contribution in [0.15, 0.2) is 42.9 Å². The van der Waals surface area contributed by atoms with Gasteiger partial charge in [0.15, 0.2) is 7.28 Å². The Kier molecular flexibility index (Phi) is 3.20. The van der Waals surface area contributed by atoms with E-state index in [9.17, 15) is 0 Å². The first-order chi connectivity index (χ1) is 9.97. The van der Waals surface area contributed by atoms with Gasteiger partial charge in [0.25, 0.3) is 0 Å². The first-order valence-corrected chi connectivity index (χ1v) is 6.98. The zero-order valence-electron chi connectivity index (χ0n) is 12.5. The zero-order valence-corrected chi connectivity index (χ0v) is 12.5. The molecule has 0 aliphatic carbocycles. The van der Waals surface area contributed by atoms with E-state index in [0.717, 1.165) is 22.0 Å². The van der Waals surface area contributed by atoms with E-state index in [1.165, 1.54) is 6.33 Å². The van der Waals surface area contributed by atoms with Crippen LogP contribution in [0.5, 0.6) is 0 Å². The summed E-state index contributed by atoms with van der Waals surface area (Å²) in [5, 5.41) is 0.913. The van der Waals surface area contributed by atoms with E-state index in [2.05, 4.69) is 60.9 Å².